The molecule has 8 nitrogen and oxygen atoms in total. The Hall–Kier alpha value is -3.43. The summed E-state index contributed by atoms with van der Waals surface area (Å²) in [5.74, 6) is 0.231. The van der Waals surface area contributed by atoms with E-state index in [1.165, 1.54) is 0 Å². The van der Waals surface area contributed by atoms with Crippen molar-refractivity contribution in [2.24, 2.45) is 0 Å². The van der Waals surface area contributed by atoms with Crippen molar-refractivity contribution in [3.8, 4) is 5.75 Å². The van der Waals surface area contributed by atoms with Gasteiger partial charge in [-0.2, -0.15) is 4.98 Å². The maximum Gasteiger partial charge on any atom is 0.241 e. The number of fused-ring (bicyclic) bond motifs is 2. The molecule has 2 N–H and O–H groups in total. The summed E-state index contributed by atoms with van der Waals surface area (Å²) >= 11 is 5.84. The number of nitrogens with zero attached hydrogens (tertiary/aromatic N) is 3. The molecule has 6 rings (SSSR count). The molecule has 2 fully saturated rings. The molecule has 0 bridgehead atoms. The Balaban J connectivity index is 1.18. The van der Waals surface area contributed by atoms with Crippen molar-refractivity contribution in [3.63, 3.8) is 0 Å². The minimum Gasteiger partial charge on any atom is -0.488 e. The number of ether oxygens (including phenoxy) is 2. The average molecular weight is 510 g/mol. The van der Waals surface area contributed by atoms with E-state index in [-0.39, 0.29) is 35.1 Å². The molecular formula is C26H25ClFN5O3. The second-order valence-electron chi connectivity index (χ2n) is 9.39. The Morgan fingerprint density at radius 3 is 2.72 bits per heavy atom. The van der Waals surface area contributed by atoms with Crippen molar-refractivity contribution >= 4 is 46.3 Å². The van der Waals surface area contributed by atoms with Crippen LogP contribution in [0, 0.1) is 5.82 Å². The van der Waals surface area contributed by atoms with Crippen molar-refractivity contribution in [2.45, 2.75) is 30.8 Å². The van der Waals surface area contributed by atoms with Gasteiger partial charge in [-0.25, -0.2) is 9.37 Å². The first-order valence-corrected chi connectivity index (χ1v) is 12.5. The molecule has 36 heavy (non-hydrogen) atoms. The molecule has 2 aromatic carbocycles. The molecule has 0 radical (unpaired) electrons. The van der Waals surface area contributed by atoms with E-state index in [4.69, 9.17) is 21.1 Å². The van der Waals surface area contributed by atoms with Crippen LogP contribution < -0.4 is 20.3 Å². The van der Waals surface area contributed by atoms with E-state index in [2.05, 4.69) is 20.6 Å². The summed E-state index contributed by atoms with van der Waals surface area (Å²) in [4.78, 5) is 22.5. The van der Waals surface area contributed by atoms with Crippen LogP contribution in [0.3, 0.4) is 0 Å². The zero-order valence-electron chi connectivity index (χ0n) is 19.5. The molecule has 3 heterocycles. The van der Waals surface area contributed by atoms with Gasteiger partial charge >= 0.3 is 0 Å². The van der Waals surface area contributed by atoms with Crippen LogP contribution in [0.5, 0.6) is 5.75 Å². The van der Waals surface area contributed by atoms with Crippen molar-refractivity contribution < 1.29 is 18.7 Å². The topological polar surface area (TPSA) is 88.6 Å². The average Bonchev–Trinajstić information content (AvgIpc) is 3.35. The summed E-state index contributed by atoms with van der Waals surface area (Å²) in [6.07, 6.45) is 4.18. The third-order valence-electron chi connectivity index (χ3n) is 6.90. The highest BCUT2D eigenvalue weighted by Crippen LogP contribution is 2.57. The molecule has 1 amide bonds. The number of amides is 1. The molecule has 3 aliphatic rings. The van der Waals surface area contributed by atoms with Crippen LogP contribution in [-0.4, -0.2) is 47.6 Å². The second-order valence-corrected chi connectivity index (χ2v) is 9.66. The Kier molecular flexibility index (Phi) is 5.89. The van der Waals surface area contributed by atoms with E-state index in [1.54, 1.807) is 4.90 Å². The molecule has 1 spiro atoms. The third kappa shape index (κ3) is 4.44. The lowest BCUT2D eigenvalue weighted by atomic mass is 9.98. The molecule has 1 saturated carbocycles. The van der Waals surface area contributed by atoms with Crippen LogP contribution in [0.1, 0.15) is 24.8 Å². The van der Waals surface area contributed by atoms with Gasteiger partial charge in [-0.15, -0.1) is 11.6 Å². The van der Waals surface area contributed by atoms with Crippen molar-refractivity contribution in [2.75, 3.05) is 41.2 Å². The Morgan fingerprint density at radius 2 is 2.00 bits per heavy atom. The van der Waals surface area contributed by atoms with Crippen LogP contribution in [0.4, 0.5) is 33.2 Å². The number of hydrogen-bond donors (Lipinski definition) is 2. The molecule has 1 aliphatic carbocycles. The molecule has 1 aromatic heterocycles. The van der Waals surface area contributed by atoms with E-state index in [0.717, 1.165) is 54.8 Å². The number of hydrogen-bond acceptors (Lipinski definition) is 7. The maximum absolute atomic E-state index is 14.6. The molecule has 186 valence electrons. The fraction of sp³-hybridized carbons (Fsp3) is 0.346. The molecular weight excluding hydrogens is 485 g/mol. The summed E-state index contributed by atoms with van der Waals surface area (Å²) in [6.45, 7) is 1.97. The van der Waals surface area contributed by atoms with Gasteiger partial charge in [0.2, 0.25) is 11.9 Å². The highest BCUT2D eigenvalue weighted by atomic mass is 35.5. The van der Waals surface area contributed by atoms with E-state index >= 15 is 0 Å². The summed E-state index contributed by atoms with van der Waals surface area (Å²) < 4.78 is 25.8. The summed E-state index contributed by atoms with van der Waals surface area (Å²) in [6, 6.07) is 13.2. The van der Waals surface area contributed by atoms with Crippen LogP contribution in [0.2, 0.25) is 0 Å². The highest BCUT2D eigenvalue weighted by Gasteiger charge is 2.52. The minimum atomic E-state index is -0.587. The summed E-state index contributed by atoms with van der Waals surface area (Å²) in [5, 5.41) is 6.13. The van der Waals surface area contributed by atoms with Gasteiger partial charge in [0.15, 0.2) is 11.6 Å². The lowest BCUT2D eigenvalue weighted by Gasteiger charge is -2.17. The van der Waals surface area contributed by atoms with Gasteiger partial charge in [0.05, 0.1) is 19.4 Å². The smallest absolute Gasteiger partial charge is 0.241 e. The van der Waals surface area contributed by atoms with E-state index in [0.29, 0.717) is 18.8 Å². The van der Waals surface area contributed by atoms with Gasteiger partial charge in [-0.3, -0.25) is 4.79 Å². The SMILES string of the molecule is O=C(CCl)N1CC2(CC2)c2ccc(Nc3nc(Nc4ccc(OC5CCOC5)cc4)ncc3F)cc21. The Labute approximate surface area is 212 Å². The molecule has 2 aliphatic heterocycles. The highest BCUT2D eigenvalue weighted by molar-refractivity contribution is 6.29. The number of halogens is 2. The monoisotopic (exact) mass is 509 g/mol. The molecule has 3 aromatic rings. The molecule has 1 atom stereocenters. The summed E-state index contributed by atoms with van der Waals surface area (Å²) in [5.41, 5.74) is 3.37. The number of rotatable bonds is 7. The van der Waals surface area contributed by atoms with Crippen LogP contribution in [-0.2, 0) is 14.9 Å². The van der Waals surface area contributed by atoms with Gasteiger partial charge in [0.1, 0.15) is 17.7 Å². The minimum absolute atomic E-state index is 0.0305. The second kappa shape index (κ2) is 9.22. The molecule has 1 saturated heterocycles. The molecule has 10 heteroatoms. The predicted molar refractivity (Wildman–Crippen MR) is 135 cm³/mol. The van der Waals surface area contributed by atoms with Crippen molar-refractivity contribution in [1.29, 1.82) is 0 Å². The number of carbonyl (C=O) groups excluding carboxylic acids is 1. The van der Waals surface area contributed by atoms with Crippen molar-refractivity contribution in [3.05, 3.63) is 60.0 Å². The Morgan fingerprint density at radius 1 is 1.19 bits per heavy atom. The predicted octanol–water partition coefficient (Wildman–Crippen LogP) is 4.89. The van der Waals surface area contributed by atoms with E-state index < -0.39 is 5.82 Å². The van der Waals surface area contributed by atoms with Gasteiger partial charge in [-0.05, 0) is 54.8 Å². The van der Waals surface area contributed by atoms with Crippen LogP contribution in [0.25, 0.3) is 0 Å². The number of nitrogens with one attached hydrogen (secondary N) is 2. The molecule has 1 unspecified atom stereocenters. The largest absolute Gasteiger partial charge is 0.488 e. The summed E-state index contributed by atoms with van der Waals surface area (Å²) in [7, 11) is 0. The van der Waals surface area contributed by atoms with Crippen molar-refractivity contribution in [1.82, 2.24) is 9.97 Å². The van der Waals surface area contributed by atoms with E-state index in [1.807, 2.05) is 42.5 Å². The number of aromatic nitrogens is 2. The van der Waals surface area contributed by atoms with Crippen LogP contribution in [0.15, 0.2) is 48.7 Å². The normalized spacial score (nSPS) is 19.3. The fourth-order valence-corrected chi connectivity index (χ4v) is 4.97. The Bertz CT molecular complexity index is 1300. The standard InChI is InChI=1S/C26H25ClFN5O3/c27-12-23(34)33-15-26(8-9-26)20-6-3-17(11-22(20)33)30-24-21(28)13-29-25(32-24)31-16-1-4-18(5-2-16)36-19-7-10-35-14-19/h1-6,11,13,19H,7-10,12,14-15H2,(H2,29,30,31,32). The van der Waals surface area contributed by atoms with Gasteiger partial charge < -0.3 is 25.0 Å². The number of benzene rings is 2. The van der Waals surface area contributed by atoms with Gasteiger partial charge in [0, 0.05) is 35.4 Å². The quantitative estimate of drug-likeness (QED) is 0.438. The fourth-order valence-electron chi connectivity index (χ4n) is 4.82. The first-order valence-electron chi connectivity index (χ1n) is 11.9. The van der Waals surface area contributed by atoms with E-state index in [9.17, 15) is 9.18 Å². The first kappa shape index (κ1) is 23.0. The van der Waals surface area contributed by atoms with Gasteiger partial charge in [0.25, 0.3) is 0 Å². The zero-order chi connectivity index (χ0) is 24.7. The van der Waals surface area contributed by atoms with Gasteiger partial charge in [-0.1, -0.05) is 6.07 Å². The zero-order valence-corrected chi connectivity index (χ0v) is 20.2. The maximum atomic E-state index is 14.6. The third-order valence-corrected chi connectivity index (χ3v) is 7.13. The number of alkyl halides is 1. The number of carbonyl (C=O) groups is 1. The lowest BCUT2D eigenvalue weighted by molar-refractivity contribution is -0.116. The lowest BCUT2D eigenvalue weighted by Crippen LogP contribution is -2.32. The number of anilines is 5. The van der Waals surface area contributed by atoms with Crippen LogP contribution >= 0.6 is 11.6 Å². The first-order chi connectivity index (χ1) is 17.5.